The Bertz CT molecular complexity index is 1390. The molecule has 5 N–H and O–H groups in total. The highest BCUT2D eigenvalue weighted by molar-refractivity contribution is 5.86. The molecule has 1 spiro atoms. The number of nitrogens with one attached hydrogen (secondary N) is 2. The molecule has 0 saturated heterocycles. The summed E-state index contributed by atoms with van der Waals surface area (Å²) in [5, 5.41) is 17.5. The van der Waals surface area contributed by atoms with Gasteiger partial charge in [0.1, 0.15) is 12.5 Å². The van der Waals surface area contributed by atoms with Crippen molar-refractivity contribution in [2.24, 2.45) is 22.1 Å². The van der Waals surface area contributed by atoms with Gasteiger partial charge in [-0.2, -0.15) is 0 Å². The van der Waals surface area contributed by atoms with Gasteiger partial charge < -0.3 is 26.3 Å². The van der Waals surface area contributed by atoms with E-state index < -0.39 is 0 Å². The minimum atomic E-state index is 0.348. The number of carbonyl (C=O) groups excluding carboxylic acids is 1. The fraction of sp³-hybridized carbons (Fsp3) is 0.550. The second-order valence-electron chi connectivity index (χ2n) is 13.6. The van der Waals surface area contributed by atoms with Gasteiger partial charge in [0.25, 0.3) is 0 Å². The van der Waals surface area contributed by atoms with Gasteiger partial charge in [0.05, 0.1) is 11.4 Å². The number of allylic oxidation sites excluding steroid dienone is 4. The minimum Gasteiger partial charge on any atom is -0.508 e. The molecule has 1 saturated carbocycles. The standard InChI is InChI=1S/C36H48N4O.C3H8.CH2O/c1-38-20-6-7-24(22-37)23-40-33-21-25(10-14-32(33)39-2)26-11-12-29(28-13-15-34(41)30-9-5-8-27(28)30)31-16-19-36(35(26)31)17-3-4-18-36;1-3-2;1-2/h10,12-15,21,24,26,38,40-41H,2-9,11,16-20,22-23,37H2,1H3;3H2,1-2H3;1H2. The van der Waals surface area contributed by atoms with Crippen LogP contribution in [0.1, 0.15) is 113 Å². The lowest BCUT2D eigenvalue weighted by molar-refractivity contribution is -0.0980. The Morgan fingerprint density at radius 1 is 1.04 bits per heavy atom. The van der Waals surface area contributed by atoms with Crippen molar-refractivity contribution in [3.63, 3.8) is 0 Å². The molecule has 4 aliphatic rings. The number of phenolic OH excluding ortho intramolecular Hbond substituents is 1. The molecule has 2 atom stereocenters. The second-order valence-corrected chi connectivity index (χ2v) is 13.6. The summed E-state index contributed by atoms with van der Waals surface area (Å²) in [4.78, 5) is 12.4. The van der Waals surface area contributed by atoms with E-state index >= 15 is 0 Å². The van der Waals surface area contributed by atoms with Crippen molar-refractivity contribution in [2.45, 2.75) is 103 Å². The van der Waals surface area contributed by atoms with Crippen LogP contribution < -0.4 is 16.4 Å². The molecular weight excluding hydrogens is 568 g/mol. The van der Waals surface area contributed by atoms with Crippen molar-refractivity contribution in [2.75, 3.05) is 32.0 Å². The van der Waals surface area contributed by atoms with E-state index in [1.807, 2.05) is 19.9 Å². The van der Waals surface area contributed by atoms with Crippen LogP contribution in [0.4, 0.5) is 11.4 Å². The molecule has 0 amide bonds. The number of aromatic hydroxyl groups is 1. The zero-order chi connectivity index (χ0) is 33.1. The minimum absolute atomic E-state index is 0.348. The smallest absolute Gasteiger partial charge is 0.119 e. The van der Waals surface area contributed by atoms with Gasteiger partial charge in [-0.15, -0.1) is 0 Å². The Hall–Kier alpha value is -3.22. The summed E-state index contributed by atoms with van der Waals surface area (Å²) >= 11 is 0. The molecule has 0 aliphatic heterocycles. The van der Waals surface area contributed by atoms with Crippen LogP contribution >= 0.6 is 0 Å². The van der Waals surface area contributed by atoms with Gasteiger partial charge >= 0.3 is 0 Å². The van der Waals surface area contributed by atoms with E-state index in [4.69, 9.17) is 10.5 Å². The number of anilines is 1. The summed E-state index contributed by atoms with van der Waals surface area (Å²) in [7, 11) is 2.00. The molecule has 0 aromatic heterocycles. The molecule has 250 valence electrons. The normalized spacial score (nSPS) is 19.7. The predicted octanol–water partition coefficient (Wildman–Crippen LogP) is 8.65. The van der Waals surface area contributed by atoms with Crippen molar-refractivity contribution in [1.82, 2.24) is 5.32 Å². The van der Waals surface area contributed by atoms with Crippen LogP contribution in [0.25, 0.3) is 5.57 Å². The van der Waals surface area contributed by atoms with E-state index in [9.17, 15) is 5.11 Å². The first-order valence-electron chi connectivity index (χ1n) is 17.8. The second kappa shape index (κ2) is 17.1. The fourth-order valence-electron chi connectivity index (χ4n) is 8.55. The molecule has 0 radical (unpaired) electrons. The van der Waals surface area contributed by atoms with E-state index in [1.54, 1.807) is 11.1 Å². The molecule has 1 fully saturated rings. The molecule has 46 heavy (non-hydrogen) atoms. The van der Waals surface area contributed by atoms with E-state index in [2.05, 4.69) is 66.5 Å². The number of aliphatic imine (C=N–C) groups is 1. The third-order valence-electron chi connectivity index (χ3n) is 10.6. The Labute approximate surface area is 278 Å². The number of phenols is 1. The predicted molar refractivity (Wildman–Crippen MR) is 196 cm³/mol. The number of nitrogens with two attached hydrogens (primary N) is 1. The van der Waals surface area contributed by atoms with Gasteiger partial charge in [0.2, 0.25) is 0 Å². The fourth-order valence-corrected chi connectivity index (χ4v) is 8.55. The maximum absolute atomic E-state index is 10.6. The monoisotopic (exact) mass is 626 g/mol. The summed E-state index contributed by atoms with van der Waals surface area (Å²) in [6, 6.07) is 11.0. The van der Waals surface area contributed by atoms with E-state index in [1.165, 1.54) is 72.8 Å². The quantitative estimate of drug-likeness (QED) is 0.148. The highest BCUT2D eigenvalue weighted by Gasteiger charge is 2.47. The van der Waals surface area contributed by atoms with E-state index in [0.717, 1.165) is 63.0 Å². The molecule has 6 rings (SSSR count). The van der Waals surface area contributed by atoms with Crippen LogP contribution in [0.2, 0.25) is 0 Å². The summed E-state index contributed by atoms with van der Waals surface area (Å²) in [5.74, 6) is 1.32. The number of carbonyl (C=O) groups is 1. The lowest BCUT2D eigenvalue weighted by Crippen LogP contribution is -2.24. The number of nitrogens with zero attached hydrogens (tertiary/aromatic N) is 1. The van der Waals surface area contributed by atoms with Crippen LogP contribution in [0.5, 0.6) is 5.75 Å². The van der Waals surface area contributed by atoms with Gasteiger partial charge in [-0.25, -0.2) is 0 Å². The van der Waals surface area contributed by atoms with Crippen molar-refractivity contribution >= 4 is 30.5 Å². The zero-order valence-corrected chi connectivity index (χ0v) is 28.7. The van der Waals surface area contributed by atoms with Crippen LogP contribution in [0.3, 0.4) is 0 Å². The molecule has 0 heterocycles. The number of fused-ring (bicyclic) bond motifs is 2. The zero-order valence-electron chi connectivity index (χ0n) is 28.7. The highest BCUT2D eigenvalue weighted by Crippen LogP contribution is 2.62. The molecule has 2 aromatic rings. The average Bonchev–Trinajstić information content (AvgIpc) is 3.86. The number of benzene rings is 2. The average molecular weight is 627 g/mol. The van der Waals surface area contributed by atoms with Crippen LogP contribution in [0.15, 0.2) is 52.5 Å². The van der Waals surface area contributed by atoms with Gasteiger partial charge in [-0.05, 0) is 154 Å². The molecule has 4 aliphatic carbocycles. The third-order valence-corrected chi connectivity index (χ3v) is 10.6. The first-order valence-corrected chi connectivity index (χ1v) is 17.8. The Balaban J connectivity index is 0.000000908. The van der Waals surface area contributed by atoms with Crippen molar-refractivity contribution in [3.05, 3.63) is 69.8 Å². The molecule has 2 unspecified atom stereocenters. The maximum Gasteiger partial charge on any atom is 0.119 e. The van der Waals surface area contributed by atoms with Crippen molar-refractivity contribution in [3.8, 4) is 5.75 Å². The molecule has 6 heteroatoms. The maximum atomic E-state index is 10.6. The summed E-state index contributed by atoms with van der Waals surface area (Å²) in [6.07, 6.45) is 18.1. The topological polar surface area (TPSA) is 99.7 Å². The Morgan fingerprint density at radius 2 is 1.78 bits per heavy atom. The van der Waals surface area contributed by atoms with E-state index in [0.29, 0.717) is 29.5 Å². The van der Waals surface area contributed by atoms with Crippen LogP contribution in [-0.2, 0) is 17.6 Å². The van der Waals surface area contributed by atoms with Gasteiger partial charge in [-0.1, -0.05) is 56.9 Å². The molecule has 6 nitrogen and oxygen atoms in total. The van der Waals surface area contributed by atoms with Crippen molar-refractivity contribution < 1.29 is 9.90 Å². The third kappa shape index (κ3) is 7.50. The largest absolute Gasteiger partial charge is 0.508 e. The van der Waals surface area contributed by atoms with Crippen LogP contribution in [0, 0.1) is 11.3 Å². The van der Waals surface area contributed by atoms with E-state index in [-0.39, 0.29) is 0 Å². The first kappa shape index (κ1) is 35.6. The Kier molecular flexibility index (Phi) is 13.2. The summed E-state index contributed by atoms with van der Waals surface area (Å²) in [6.45, 7) is 12.7. The SMILES string of the molecule is C=Nc1ccc(C2CC=C(c3ccc(O)c4c3CCC4)C3=C2C2(CCCC2)CC3)cc1NCC(CN)CCCNC.C=O.CCC. The number of hydrogen-bond acceptors (Lipinski definition) is 6. The van der Waals surface area contributed by atoms with Gasteiger partial charge in [0.15, 0.2) is 0 Å². The molecular formula is C40H58N4O2. The Morgan fingerprint density at radius 3 is 2.48 bits per heavy atom. The summed E-state index contributed by atoms with van der Waals surface area (Å²) < 4.78 is 0. The van der Waals surface area contributed by atoms with Crippen molar-refractivity contribution in [1.29, 1.82) is 0 Å². The molecule has 2 aromatic carbocycles. The first-order chi connectivity index (χ1) is 22.5. The highest BCUT2D eigenvalue weighted by atomic mass is 16.3. The summed E-state index contributed by atoms with van der Waals surface area (Å²) in [5.41, 5.74) is 18.6. The lowest BCUT2D eigenvalue weighted by atomic mass is 9.68. The van der Waals surface area contributed by atoms with Gasteiger partial charge in [-0.3, -0.25) is 4.99 Å². The van der Waals surface area contributed by atoms with Crippen LogP contribution in [-0.4, -0.2) is 45.3 Å². The molecule has 0 bridgehead atoms. The number of rotatable bonds is 11. The lowest BCUT2D eigenvalue weighted by Gasteiger charge is -2.36. The number of hydrogen-bond donors (Lipinski definition) is 4. The van der Waals surface area contributed by atoms with Gasteiger partial charge in [0, 0.05) is 12.5 Å².